The molecular weight excluding hydrogens is 266 g/mol. The van der Waals surface area contributed by atoms with E-state index in [1.165, 1.54) is 10.9 Å². The molecule has 2 heterocycles. The van der Waals surface area contributed by atoms with Gasteiger partial charge in [0.1, 0.15) is 24.1 Å². The number of rotatable bonds is 7. The quantitative estimate of drug-likeness (QED) is 0.850. The first-order chi connectivity index (χ1) is 10.2. The molecule has 1 aromatic heterocycles. The van der Waals surface area contributed by atoms with E-state index < -0.39 is 0 Å². The number of hydrogen-bond acceptors (Lipinski definition) is 4. The molecule has 0 saturated carbocycles. The molecule has 4 heteroatoms. The molecule has 0 spiro atoms. The Balaban J connectivity index is 1.75. The SMILES string of the molecule is CC(C)CNCc1c(COC2COC2)oc2ccccc12. The van der Waals surface area contributed by atoms with Gasteiger partial charge in [-0.2, -0.15) is 0 Å². The largest absolute Gasteiger partial charge is 0.458 e. The van der Waals surface area contributed by atoms with Crippen LogP contribution in [0.4, 0.5) is 0 Å². The van der Waals surface area contributed by atoms with Gasteiger partial charge in [-0.15, -0.1) is 0 Å². The second kappa shape index (κ2) is 6.60. The van der Waals surface area contributed by atoms with Crippen LogP contribution in [-0.2, 0) is 22.6 Å². The number of fused-ring (bicyclic) bond motifs is 1. The lowest BCUT2D eigenvalue weighted by molar-refractivity contribution is -0.137. The molecule has 1 aliphatic rings. The molecule has 1 aliphatic heterocycles. The number of benzene rings is 1. The average molecular weight is 289 g/mol. The highest BCUT2D eigenvalue weighted by atomic mass is 16.6. The summed E-state index contributed by atoms with van der Waals surface area (Å²) in [6.45, 7) is 8.14. The Hall–Kier alpha value is -1.36. The molecular formula is C17H23NO3. The van der Waals surface area contributed by atoms with Crippen LogP contribution < -0.4 is 5.32 Å². The van der Waals surface area contributed by atoms with Crippen LogP contribution in [0, 0.1) is 5.92 Å². The maximum absolute atomic E-state index is 5.97. The van der Waals surface area contributed by atoms with Crippen molar-refractivity contribution < 1.29 is 13.9 Å². The van der Waals surface area contributed by atoms with Gasteiger partial charge in [-0.3, -0.25) is 0 Å². The van der Waals surface area contributed by atoms with Crippen molar-refractivity contribution in [2.24, 2.45) is 5.92 Å². The number of para-hydroxylation sites is 1. The van der Waals surface area contributed by atoms with Gasteiger partial charge in [-0.05, 0) is 18.5 Å². The van der Waals surface area contributed by atoms with E-state index in [1.807, 2.05) is 18.2 Å². The molecule has 1 N–H and O–H groups in total. The maximum Gasteiger partial charge on any atom is 0.135 e. The lowest BCUT2D eigenvalue weighted by atomic mass is 10.1. The van der Waals surface area contributed by atoms with E-state index >= 15 is 0 Å². The molecule has 114 valence electrons. The van der Waals surface area contributed by atoms with Crippen LogP contribution in [0.2, 0.25) is 0 Å². The van der Waals surface area contributed by atoms with E-state index in [9.17, 15) is 0 Å². The van der Waals surface area contributed by atoms with Gasteiger partial charge < -0.3 is 19.2 Å². The van der Waals surface area contributed by atoms with Crippen molar-refractivity contribution in [2.75, 3.05) is 19.8 Å². The Labute approximate surface area is 125 Å². The van der Waals surface area contributed by atoms with E-state index in [0.717, 1.165) is 24.4 Å². The summed E-state index contributed by atoms with van der Waals surface area (Å²) in [7, 11) is 0. The van der Waals surface area contributed by atoms with Crippen molar-refractivity contribution in [3.8, 4) is 0 Å². The number of ether oxygens (including phenoxy) is 2. The topological polar surface area (TPSA) is 43.6 Å². The summed E-state index contributed by atoms with van der Waals surface area (Å²) in [6.07, 6.45) is 0.217. The highest BCUT2D eigenvalue weighted by Gasteiger charge is 2.21. The number of nitrogens with one attached hydrogen (secondary N) is 1. The Bertz CT molecular complexity index is 587. The van der Waals surface area contributed by atoms with Crippen molar-refractivity contribution in [1.82, 2.24) is 5.32 Å². The van der Waals surface area contributed by atoms with Gasteiger partial charge in [0.15, 0.2) is 0 Å². The van der Waals surface area contributed by atoms with Crippen molar-refractivity contribution in [2.45, 2.75) is 33.1 Å². The zero-order chi connectivity index (χ0) is 14.7. The summed E-state index contributed by atoms with van der Waals surface area (Å²) in [5.74, 6) is 1.56. The molecule has 21 heavy (non-hydrogen) atoms. The third kappa shape index (κ3) is 3.46. The van der Waals surface area contributed by atoms with Crippen molar-refractivity contribution in [3.63, 3.8) is 0 Å². The first-order valence-electron chi connectivity index (χ1n) is 7.63. The van der Waals surface area contributed by atoms with Crippen LogP contribution in [0.15, 0.2) is 28.7 Å². The molecule has 0 unspecified atom stereocenters. The fourth-order valence-corrected chi connectivity index (χ4v) is 2.45. The van der Waals surface area contributed by atoms with E-state index in [-0.39, 0.29) is 6.10 Å². The van der Waals surface area contributed by atoms with Crippen LogP contribution in [0.25, 0.3) is 11.0 Å². The lowest BCUT2D eigenvalue weighted by Gasteiger charge is -2.25. The maximum atomic E-state index is 5.97. The average Bonchev–Trinajstić information content (AvgIpc) is 2.75. The van der Waals surface area contributed by atoms with Crippen LogP contribution in [0.3, 0.4) is 0 Å². The van der Waals surface area contributed by atoms with Gasteiger partial charge >= 0.3 is 0 Å². The lowest BCUT2D eigenvalue weighted by Crippen LogP contribution is -2.35. The van der Waals surface area contributed by atoms with Gasteiger partial charge in [0.05, 0.1) is 13.2 Å². The summed E-state index contributed by atoms with van der Waals surface area (Å²) >= 11 is 0. The van der Waals surface area contributed by atoms with Gasteiger partial charge in [-0.25, -0.2) is 0 Å². The number of hydrogen-bond donors (Lipinski definition) is 1. The summed E-state index contributed by atoms with van der Waals surface area (Å²) in [5, 5.41) is 4.67. The molecule has 1 fully saturated rings. The second-order valence-electron chi connectivity index (χ2n) is 6.00. The summed E-state index contributed by atoms with van der Waals surface area (Å²) in [4.78, 5) is 0. The highest BCUT2D eigenvalue weighted by Crippen LogP contribution is 2.27. The van der Waals surface area contributed by atoms with Gasteiger partial charge in [0.2, 0.25) is 0 Å². The Morgan fingerprint density at radius 3 is 2.81 bits per heavy atom. The zero-order valence-electron chi connectivity index (χ0n) is 12.7. The van der Waals surface area contributed by atoms with Crippen molar-refractivity contribution in [1.29, 1.82) is 0 Å². The second-order valence-corrected chi connectivity index (χ2v) is 6.00. The molecule has 1 aromatic carbocycles. The minimum Gasteiger partial charge on any atom is -0.458 e. The predicted molar refractivity (Wildman–Crippen MR) is 82.2 cm³/mol. The normalized spacial score (nSPS) is 15.8. The molecule has 0 aliphatic carbocycles. The van der Waals surface area contributed by atoms with E-state index in [0.29, 0.717) is 25.7 Å². The molecule has 0 amide bonds. The molecule has 0 atom stereocenters. The molecule has 0 radical (unpaired) electrons. The summed E-state index contributed by atoms with van der Waals surface area (Å²) < 4.78 is 16.9. The first-order valence-corrected chi connectivity index (χ1v) is 7.63. The minimum absolute atomic E-state index is 0.217. The fourth-order valence-electron chi connectivity index (χ4n) is 2.45. The predicted octanol–water partition coefficient (Wildman–Crippen LogP) is 3.09. The Morgan fingerprint density at radius 2 is 2.10 bits per heavy atom. The molecule has 4 nitrogen and oxygen atoms in total. The highest BCUT2D eigenvalue weighted by molar-refractivity contribution is 5.82. The van der Waals surface area contributed by atoms with Crippen molar-refractivity contribution >= 4 is 11.0 Å². The van der Waals surface area contributed by atoms with Gasteiger partial charge in [0, 0.05) is 17.5 Å². The summed E-state index contributed by atoms with van der Waals surface area (Å²) in [6, 6.07) is 8.17. The molecule has 0 bridgehead atoms. The third-order valence-corrected chi connectivity index (χ3v) is 3.69. The molecule has 3 rings (SSSR count). The smallest absolute Gasteiger partial charge is 0.135 e. The zero-order valence-corrected chi connectivity index (χ0v) is 12.7. The molecule has 1 saturated heterocycles. The monoisotopic (exact) mass is 289 g/mol. The Kier molecular flexibility index (Phi) is 4.58. The van der Waals surface area contributed by atoms with Crippen LogP contribution in [0.5, 0.6) is 0 Å². The van der Waals surface area contributed by atoms with Crippen LogP contribution >= 0.6 is 0 Å². The number of furan rings is 1. The minimum atomic E-state index is 0.217. The molecule has 2 aromatic rings. The van der Waals surface area contributed by atoms with E-state index in [2.05, 4.69) is 25.2 Å². The van der Waals surface area contributed by atoms with Gasteiger partial charge in [0.25, 0.3) is 0 Å². The standard InChI is InChI=1S/C17H23NO3/c1-12(2)7-18-8-15-14-5-3-4-6-16(14)21-17(15)11-20-13-9-19-10-13/h3-6,12-13,18H,7-11H2,1-2H3. The van der Waals surface area contributed by atoms with E-state index in [1.54, 1.807) is 0 Å². The first kappa shape index (κ1) is 14.6. The van der Waals surface area contributed by atoms with Crippen LogP contribution in [-0.4, -0.2) is 25.9 Å². The third-order valence-electron chi connectivity index (χ3n) is 3.69. The Morgan fingerprint density at radius 1 is 1.29 bits per heavy atom. The van der Waals surface area contributed by atoms with Gasteiger partial charge in [-0.1, -0.05) is 32.0 Å². The summed E-state index contributed by atoms with van der Waals surface area (Å²) in [5.41, 5.74) is 2.15. The van der Waals surface area contributed by atoms with Crippen LogP contribution in [0.1, 0.15) is 25.2 Å². The van der Waals surface area contributed by atoms with Crippen molar-refractivity contribution in [3.05, 3.63) is 35.6 Å². The fraction of sp³-hybridized carbons (Fsp3) is 0.529. The van der Waals surface area contributed by atoms with E-state index in [4.69, 9.17) is 13.9 Å².